The van der Waals surface area contributed by atoms with Crippen molar-refractivity contribution >= 4 is 22.3 Å². The molecule has 0 amide bonds. The van der Waals surface area contributed by atoms with Gasteiger partial charge in [0, 0.05) is 17.3 Å². The van der Waals surface area contributed by atoms with Crippen LogP contribution in [0.4, 0.5) is 11.4 Å². The Hall–Kier alpha value is -2.35. The number of para-hydroxylation sites is 2. The predicted octanol–water partition coefficient (Wildman–Crippen LogP) is 4.60. The van der Waals surface area contributed by atoms with E-state index in [9.17, 15) is 0 Å². The average molecular weight is 248 g/mol. The first-order valence-electron chi connectivity index (χ1n) is 6.43. The zero-order chi connectivity index (χ0) is 13.2. The quantitative estimate of drug-likeness (QED) is 0.717. The van der Waals surface area contributed by atoms with Crippen LogP contribution in [0.15, 0.2) is 54.7 Å². The Morgan fingerprint density at radius 2 is 1.53 bits per heavy atom. The molecule has 1 heterocycles. The highest BCUT2D eigenvalue weighted by molar-refractivity contribution is 5.92. The molecule has 2 heteroatoms. The number of hydrogen-bond acceptors (Lipinski definition) is 2. The molecule has 0 bridgehead atoms. The van der Waals surface area contributed by atoms with E-state index in [1.165, 1.54) is 16.8 Å². The van der Waals surface area contributed by atoms with Crippen LogP contribution < -0.4 is 5.32 Å². The van der Waals surface area contributed by atoms with Crippen LogP contribution >= 0.6 is 0 Å². The molecule has 0 unspecified atom stereocenters. The van der Waals surface area contributed by atoms with Crippen LogP contribution in [0.1, 0.15) is 11.1 Å². The zero-order valence-electron chi connectivity index (χ0n) is 11.1. The number of rotatable bonds is 2. The van der Waals surface area contributed by atoms with E-state index >= 15 is 0 Å². The van der Waals surface area contributed by atoms with Gasteiger partial charge >= 0.3 is 0 Å². The second-order valence-electron chi connectivity index (χ2n) is 4.77. The van der Waals surface area contributed by atoms with Gasteiger partial charge in [0.05, 0.1) is 11.2 Å². The van der Waals surface area contributed by atoms with Gasteiger partial charge in [-0.3, -0.25) is 4.98 Å². The van der Waals surface area contributed by atoms with Crippen LogP contribution in [0.5, 0.6) is 0 Å². The number of fused-ring (bicyclic) bond motifs is 1. The molecule has 2 nitrogen and oxygen atoms in total. The van der Waals surface area contributed by atoms with Crippen LogP contribution in [0.2, 0.25) is 0 Å². The van der Waals surface area contributed by atoms with E-state index in [-0.39, 0.29) is 0 Å². The lowest BCUT2D eigenvalue weighted by atomic mass is 10.1. The predicted molar refractivity (Wildman–Crippen MR) is 80.9 cm³/mol. The van der Waals surface area contributed by atoms with Gasteiger partial charge in [-0.05, 0) is 37.1 Å². The fourth-order valence-electron chi connectivity index (χ4n) is 2.35. The maximum absolute atomic E-state index is 4.47. The van der Waals surface area contributed by atoms with Crippen LogP contribution in [0.3, 0.4) is 0 Å². The van der Waals surface area contributed by atoms with E-state index < -0.39 is 0 Å². The van der Waals surface area contributed by atoms with Crippen molar-refractivity contribution in [3.05, 3.63) is 65.9 Å². The van der Waals surface area contributed by atoms with Crippen molar-refractivity contribution in [3.63, 3.8) is 0 Å². The molecule has 0 aliphatic carbocycles. The third-order valence-electron chi connectivity index (χ3n) is 3.37. The number of aryl methyl sites for hydroxylation is 2. The van der Waals surface area contributed by atoms with Gasteiger partial charge in [0.2, 0.25) is 0 Å². The first-order chi connectivity index (χ1) is 9.25. The Kier molecular flexibility index (Phi) is 2.92. The Labute approximate surface area is 113 Å². The van der Waals surface area contributed by atoms with Gasteiger partial charge in [-0.1, -0.05) is 36.4 Å². The molecule has 3 aromatic rings. The van der Waals surface area contributed by atoms with Crippen molar-refractivity contribution in [1.29, 1.82) is 0 Å². The first-order valence-corrected chi connectivity index (χ1v) is 6.43. The third kappa shape index (κ3) is 2.17. The van der Waals surface area contributed by atoms with Crippen molar-refractivity contribution in [1.82, 2.24) is 4.98 Å². The number of nitrogens with one attached hydrogen (secondary N) is 1. The Bertz CT molecular complexity index is 707. The minimum absolute atomic E-state index is 1.01. The topological polar surface area (TPSA) is 24.9 Å². The molecular formula is C17H16N2. The fraction of sp³-hybridized carbons (Fsp3) is 0.118. The van der Waals surface area contributed by atoms with Crippen molar-refractivity contribution < 1.29 is 0 Å². The van der Waals surface area contributed by atoms with Crippen molar-refractivity contribution in [3.8, 4) is 0 Å². The monoisotopic (exact) mass is 248 g/mol. The van der Waals surface area contributed by atoms with Crippen molar-refractivity contribution in [2.45, 2.75) is 13.8 Å². The van der Waals surface area contributed by atoms with Gasteiger partial charge in [-0.15, -0.1) is 0 Å². The summed E-state index contributed by atoms with van der Waals surface area (Å²) in [4.78, 5) is 4.47. The molecule has 0 spiro atoms. The van der Waals surface area contributed by atoms with Gasteiger partial charge in [0.15, 0.2) is 0 Å². The molecule has 1 N–H and O–H groups in total. The number of anilines is 2. The standard InChI is InChI=1S/C17H16N2/c1-12-6-3-7-13(2)16(12)19-15-10-4-8-14-9-5-11-18-17(14)15/h3-11,19H,1-2H3. The van der Waals surface area contributed by atoms with E-state index in [0.29, 0.717) is 0 Å². The number of pyridine rings is 1. The Morgan fingerprint density at radius 3 is 2.32 bits per heavy atom. The SMILES string of the molecule is Cc1cccc(C)c1Nc1cccc2cccnc12. The summed E-state index contributed by atoms with van der Waals surface area (Å²) in [7, 11) is 0. The molecule has 0 saturated heterocycles. The molecule has 94 valence electrons. The molecule has 19 heavy (non-hydrogen) atoms. The summed E-state index contributed by atoms with van der Waals surface area (Å²) in [6.07, 6.45) is 1.83. The Morgan fingerprint density at radius 1 is 0.842 bits per heavy atom. The molecule has 0 aliphatic rings. The molecule has 0 aliphatic heterocycles. The lowest BCUT2D eigenvalue weighted by Gasteiger charge is -2.13. The second kappa shape index (κ2) is 4.73. The molecule has 2 aromatic carbocycles. The van der Waals surface area contributed by atoms with E-state index in [4.69, 9.17) is 0 Å². The van der Waals surface area contributed by atoms with Crippen LogP contribution in [-0.2, 0) is 0 Å². The highest BCUT2D eigenvalue weighted by atomic mass is 14.9. The lowest BCUT2D eigenvalue weighted by molar-refractivity contribution is 1.35. The summed E-state index contributed by atoms with van der Waals surface area (Å²) in [5.74, 6) is 0. The van der Waals surface area contributed by atoms with Gasteiger partial charge in [0.25, 0.3) is 0 Å². The molecule has 0 saturated carbocycles. The maximum atomic E-state index is 4.47. The molecular weight excluding hydrogens is 232 g/mol. The first kappa shape index (κ1) is 11.7. The van der Waals surface area contributed by atoms with Crippen LogP contribution in [0.25, 0.3) is 10.9 Å². The van der Waals surface area contributed by atoms with Gasteiger partial charge in [-0.2, -0.15) is 0 Å². The largest absolute Gasteiger partial charge is 0.353 e. The van der Waals surface area contributed by atoms with Crippen molar-refractivity contribution in [2.24, 2.45) is 0 Å². The molecule has 0 fully saturated rings. The number of benzene rings is 2. The number of aromatic nitrogens is 1. The molecule has 3 rings (SSSR count). The summed E-state index contributed by atoms with van der Waals surface area (Å²) in [5, 5.41) is 4.67. The van der Waals surface area contributed by atoms with Gasteiger partial charge < -0.3 is 5.32 Å². The smallest absolute Gasteiger partial charge is 0.0936 e. The number of nitrogens with zero attached hydrogens (tertiary/aromatic N) is 1. The molecule has 1 aromatic heterocycles. The molecule has 0 radical (unpaired) electrons. The minimum Gasteiger partial charge on any atom is -0.353 e. The molecule has 0 atom stereocenters. The second-order valence-corrected chi connectivity index (χ2v) is 4.77. The van der Waals surface area contributed by atoms with Gasteiger partial charge in [0.1, 0.15) is 0 Å². The summed E-state index contributed by atoms with van der Waals surface area (Å²) < 4.78 is 0. The fourth-order valence-corrected chi connectivity index (χ4v) is 2.35. The van der Waals surface area contributed by atoms with Crippen LogP contribution in [-0.4, -0.2) is 4.98 Å². The van der Waals surface area contributed by atoms with Crippen molar-refractivity contribution in [2.75, 3.05) is 5.32 Å². The summed E-state index contributed by atoms with van der Waals surface area (Å²) in [6, 6.07) is 16.6. The lowest BCUT2D eigenvalue weighted by Crippen LogP contribution is -1.97. The average Bonchev–Trinajstić information content (AvgIpc) is 2.43. The highest BCUT2D eigenvalue weighted by Crippen LogP contribution is 2.28. The third-order valence-corrected chi connectivity index (χ3v) is 3.37. The van der Waals surface area contributed by atoms with E-state index in [1.54, 1.807) is 0 Å². The highest BCUT2D eigenvalue weighted by Gasteiger charge is 2.05. The number of hydrogen-bond donors (Lipinski definition) is 1. The van der Waals surface area contributed by atoms with Crippen LogP contribution in [0, 0.1) is 13.8 Å². The van der Waals surface area contributed by atoms with Gasteiger partial charge in [-0.25, -0.2) is 0 Å². The normalized spacial score (nSPS) is 10.6. The minimum atomic E-state index is 1.01. The maximum Gasteiger partial charge on any atom is 0.0936 e. The zero-order valence-corrected chi connectivity index (χ0v) is 11.1. The summed E-state index contributed by atoms with van der Waals surface area (Å²) >= 11 is 0. The summed E-state index contributed by atoms with van der Waals surface area (Å²) in [6.45, 7) is 4.24. The Balaban J connectivity index is 2.11. The summed E-state index contributed by atoms with van der Waals surface area (Å²) in [5.41, 5.74) is 5.71. The van der Waals surface area contributed by atoms with E-state index in [0.717, 1.165) is 16.6 Å². The van der Waals surface area contributed by atoms with E-state index in [1.807, 2.05) is 12.3 Å². The van der Waals surface area contributed by atoms with E-state index in [2.05, 4.69) is 66.6 Å².